The van der Waals surface area contributed by atoms with Crippen LogP contribution in [0.1, 0.15) is 31.2 Å². The minimum absolute atomic E-state index is 0.496. The van der Waals surface area contributed by atoms with Crippen LogP contribution in [0.15, 0.2) is 54.6 Å². The van der Waals surface area contributed by atoms with Gasteiger partial charge in [-0.3, -0.25) is 0 Å². The summed E-state index contributed by atoms with van der Waals surface area (Å²) in [5, 5.41) is 1.09. The summed E-state index contributed by atoms with van der Waals surface area (Å²) >= 11 is 0. The second kappa shape index (κ2) is 8.40. The number of nitrogens with two attached hydrogens (primary N) is 1. The quantitative estimate of drug-likeness (QED) is 0.453. The number of nitrogens with zero attached hydrogens (tertiary/aromatic N) is 3. The molecule has 0 atom stereocenters. The van der Waals surface area contributed by atoms with Crippen molar-refractivity contribution in [1.29, 1.82) is 0 Å². The van der Waals surface area contributed by atoms with Crippen molar-refractivity contribution in [3.05, 3.63) is 66.0 Å². The second-order valence-electron chi connectivity index (χ2n) is 7.03. The molecular formula is C23H26N4O. The number of pyridine rings is 1. The standard InChI is InChI=1S/C23H26N4O/c1-2-3-13-20-26-21-22(18-11-7-8-12-19(18)25-23(21)24)27(20)14-15-28-16-17-9-5-4-6-10-17/h4-12H,2-3,13-16H2,1H3,(H2,24,25). The zero-order chi connectivity index (χ0) is 19.3. The molecule has 28 heavy (non-hydrogen) atoms. The van der Waals surface area contributed by atoms with Gasteiger partial charge in [0.15, 0.2) is 5.82 Å². The number of fused-ring (bicyclic) bond motifs is 3. The summed E-state index contributed by atoms with van der Waals surface area (Å²) in [5.74, 6) is 1.56. The highest BCUT2D eigenvalue weighted by Gasteiger charge is 2.16. The number of aromatic nitrogens is 3. The summed E-state index contributed by atoms with van der Waals surface area (Å²) in [4.78, 5) is 9.40. The van der Waals surface area contributed by atoms with Crippen LogP contribution in [0.2, 0.25) is 0 Å². The van der Waals surface area contributed by atoms with Crippen LogP contribution in [0.5, 0.6) is 0 Å². The average molecular weight is 374 g/mol. The molecule has 4 rings (SSSR count). The third-order valence-electron chi connectivity index (χ3n) is 5.01. The maximum absolute atomic E-state index is 6.25. The van der Waals surface area contributed by atoms with Gasteiger partial charge in [-0.05, 0) is 18.1 Å². The normalized spacial score (nSPS) is 11.5. The van der Waals surface area contributed by atoms with Gasteiger partial charge in [0.2, 0.25) is 0 Å². The van der Waals surface area contributed by atoms with E-state index in [4.69, 9.17) is 15.5 Å². The number of para-hydroxylation sites is 1. The average Bonchev–Trinajstić information content (AvgIpc) is 3.10. The molecule has 4 aromatic rings. The molecule has 5 nitrogen and oxygen atoms in total. The highest BCUT2D eigenvalue weighted by molar-refractivity contribution is 6.06. The van der Waals surface area contributed by atoms with E-state index in [0.717, 1.165) is 53.6 Å². The van der Waals surface area contributed by atoms with E-state index in [9.17, 15) is 0 Å². The monoisotopic (exact) mass is 374 g/mol. The number of aryl methyl sites for hydroxylation is 1. The number of imidazole rings is 1. The summed E-state index contributed by atoms with van der Waals surface area (Å²) in [6.07, 6.45) is 3.15. The van der Waals surface area contributed by atoms with Gasteiger partial charge in [0.25, 0.3) is 0 Å². The molecule has 144 valence electrons. The summed E-state index contributed by atoms with van der Waals surface area (Å²) in [5.41, 5.74) is 10.2. The van der Waals surface area contributed by atoms with Crippen LogP contribution in [0, 0.1) is 0 Å². The first-order valence-electron chi connectivity index (χ1n) is 9.93. The molecule has 0 amide bonds. The molecule has 0 aliphatic heterocycles. The van der Waals surface area contributed by atoms with Gasteiger partial charge in [-0.25, -0.2) is 9.97 Å². The van der Waals surface area contributed by atoms with Gasteiger partial charge in [0.1, 0.15) is 11.3 Å². The van der Waals surface area contributed by atoms with Crippen LogP contribution >= 0.6 is 0 Å². The van der Waals surface area contributed by atoms with Crippen LogP contribution in [-0.2, 0) is 24.3 Å². The molecule has 2 aromatic carbocycles. The first-order valence-corrected chi connectivity index (χ1v) is 9.93. The van der Waals surface area contributed by atoms with Crippen molar-refractivity contribution in [1.82, 2.24) is 14.5 Å². The largest absolute Gasteiger partial charge is 0.382 e. The molecule has 0 bridgehead atoms. The lowest BCUT2D eigenvalue weighted by molar-refractivity contribution is 0.113. The topological polar surface area (TPSA) is 66.0 Å². The Labute approximate surface area is 165 Å². The van der Waals surface area contributed by atoms with E-state index in [1.54, 1.807) is 0 Å². The Morgan fingerprint density at radius 3 is 2.61 bits per heavy atom. The molecule has 0 spiro atoms. The fourth-order valence-electron chi connectivity index (χ4n) is 3.59. The van der Waals surface area contributed by atoms with E-state index in [1.807, 2.05) is 36.4 Å². The Morgan fingerprint density at radius 2 is 1.79 bits per heavy atom. The number of unbranched alkanes of at least 4 members (excludes halogenated alkanes) is 1. The second-order valence-corrected chi connectivity index (χ2v) is 7.03. The fraction of sp³-hybridized carbons (Fsp3) is 0.304. The highest BCUT2D eigenvalue weighted by atomic mass is 16.5. The first kappa shape index (κ1) is 18.4. The minimum atomic E-state index is 0.496. The number of hydrogen-bond acceptors (Lipinski definition) is 4. The van der Waals surface area contributed by atoms with Gasteiger partial charge >= 0.3 is 0 Å². The number of hydrogen-bond donors (Lipinski definition) is 1. The maximum atomic E-state index is 6.25. The molecule has 5 heteroatoms. The zero-order valence-electron chi connectivity index (χ0n) is 16.3. The molecule has 0 radical (unpaired) electrons. The van der Waals surface area contributed by atoms with Gasteiger partial charge in [-0.15, -0.1) is 0 Å². The van der Waals surface area contributed by atoms with Gasteiger partial charge in [0.05, 0.1) is 24.2 Å². The molecule has 2 aromatic heterocycles. The molecule has 0 saturated heterocycles. The SMILES string of the molecule is CCCCc1nc2c(N)nc3ccccc3c2n1CCOCc1ccccc1. The van der Waals surface area contributed by atoms with Crippen LogP contribution in [-0.4, -0.2) is 21.1 Å². The van der Waals surface area contributed by atoms with Crippen molar-refractivity contribution in [2.24, 2.45) is 0 Å². The number of anilines is 1. The van der Waals surface area contributed by atoms with E-state index < -0.39 is 0 Å². The maximum Gasteiger partial charge on any atom is 0.152 e. The third-order valence-corrected chi connectivity index (χ3v) is 5.01. The van der Waals surface area contributed by atoms with Gasteiger partial charge in [-0.2, -0.15) is 0 Å². The Bertz CT molecular complexity index is 1070. The molecule has 0 aliphatic carbocycles. The lowest BCUT2D eigenvalue weighted by atomic mass is 10.2. The van der Waals surface area contributed by atoms with Gasteiger partial charge in [-0.1, -0.05) is 61.9 Å². The predicted octanol–water partition coefficient (Wildman–Crippen LogP) is 4.73. The van der Waals surface area contributed by atoms with E-state index in [-0.39, 0.29) is 0 Å². The number of nitrogen functional groups attached to an aromatic ring is 1. The number of benzene rings is 2. The van der Waals surface area contributed by atoms with Gasteiger partial charge < -0.3 is 15.0 Å². The van der Waals surface area contributed by atoms with Crippen molar-refractivity contribution in [3.8, 4) is 0 Å². The smallest absolute Gasteiger partial charge is 0.152 e. The molecule has 0 fully saturated rings. The van der Waals surface area contributed by atoms with Crippen LogP contribution in [0.4, 0.5) is 5.82 Å². The summed E-state index contributed by atoms with van der Waals surface area (Å²) in [6.45, 7) is 4.18. The van der Waals surface area contributed by atoms with Crippen molar-refractivity contribution < 1.29 is 4.74 Å². The minimum Gasteiger partial charge on any atom is -0.382 e. The van der Waals surface area contributed by atoms with Crippen molar-refractivity contribution in [2.45, 2.75) is 39.3 Å². The molecule has 2 heterocycles. The summed E-state index contributed by atoms with van der Waals surface area (Å²) in [7, 11) is 0. The van der Waals surface area contributed by atoms with Crippen molar-refractivity contribution in [3.63, 3.8) is 0 Å². The van der Waals surface area contributed by atoms with E-state index in [0.29, 0.717) is 19.0 Å². The van der Waals surface area contributed by atoms with Crippen LogP contribution < -0.4 is 5.73 Å². The van der Waals surface area contributed by atoms with E-state index >= 15 is 0 Å². The summed E-state index contributed by atoms with van der Waals surface area (Å²) in [6, 6.07) is 18.4. The van der Waals surface area contributed by atoms with Crippen LogP contribution in [0.3, 0.4) is 0 Å². The van der Waals surface area contributed by atoms with Crippen molar-refractivity contribution in [2.75, 3.05) is 12.3 Å². The third kappa shape index (κ3) is 3.71. The molecule has 0 saturated carbocycles. The molecule has 0 unspecified atom stereocenters. The number of ether oxygens (including phenoxy) is 1. The molecular weight excluding hydrogens is 348 g/mol. The van der Waals surface area contributed by atoms with E-state index in [2.05, 4.69) is 34.7 Å². The Kier molecular flexibility index (Phi) is 5.53. The Hall–Kier alpha value is -2.92. The fourth-order valence-corrected chi connectivity index (χ4v) is 3.59. The highest BCUT2D eigenvalue weighted by Crippen LogP contribution is 2.29. The van der Waals surface area contributed by atoms with Gasteiger partial charge in [0, 0.05) is 18.4 Å². The number of rotatable bonds is 8. The Balaban J connectivity index is 1.65. The lowest BCUT2D eigenvalue weighted by Crippen LogP contribution is -2.10. The Morgan fingerprint density at radius 1 is 1.00 bits per heavy atom. The first-order chi connectivity index (χ1) is 13.8. The molecule has 0 aliphatic rings. The lowest BCUT2D eigenvalue weighted by Gasteiger charge is -2.11. The van der Waals surface area contributed by atoms with Crippen molar-refractivity contribution >= 4 is 27.8 Å². The predicted molar refractivity (Wildman–Crippen MR) is 114 cm³/mol. The summed E-state index contributed by atoms with van der Waals surface area (Å²) < 4.78 is 8.22. The zero-order valence-corrected chi connectivity index (χ0v) is 16.3. The molecule has 2 N–H and O–H groups in total. The van der Waals surface area contributed by atoms with E-state index in [1.165, 1.54) is 5.56 Å². The van der Waals surface area contributed by atoms with Crippen LogP contribution in [0.25, 0.3) is 21.9 Å².